The topological polar surface area (TPSA) is 43.1 Å². The maximum atomic E-state index is 13.8. The van der Waals surface area contributed by atoms with Crippen molar-refractivity contribution in [3.05, 3.63) is 46.6 Å². The average Bonchev–Trinajstić information content (AvgIpc) is 2.74. The van der Waals surface area contributed by atoms with Gasteiger partial charge in [-0.15, -0.1) is 10.2 Å². The van der Waals surface area contributed by atoms with Crippen LogP contribution in [0.25, 0.3) is 17.0 Å². The summed E-state index contributed by atoms with van der Waals surface area (Å²) in [6.07, 6.45) is 2.94. The molecule has 0 aliphatic heterocycles. The van der Waals surface area contributed by atoms with Gasteiger partial charge in [0.25, 0.3) is 0 Å². The average molecular weight is 283 g/mol. The molecule has 4 nitrogen and oxygen atoms in total. The van der Waals surface area contributed by atoms with Crippen molar-refractivity contribution in [3.8, 4) is 11.4 Å². The summed E-state index contributed by atoms with van der Waals surface area (Å²) < 4.78 is 15.4. The third kappa shape index (κ3) is 1.72. The highest BCUT2D eigenvalue weighted by molar-refractivity contribution is 6.30. The second kappa shape index (κ2) is 4.19. The number of hydrogen-bond donors (Lipinski definition) is 0. The molecule has 0 spiro atoms. The highest BCUT2D eigenvalue weighted by Gasteiger charge is 2.14. The largest absolute Gasteiger partial charge is 0.262 e. The van der Waals surface area contributed by atoms with Crippen LogP contribution in [0.2, 0.25) is 10.2 Å². The van der Waals surface area contributed by atoms with E-state index in [4.69, 9.17) is 23.2 Å². The summed E-state index contributed by atoms with van der Waals surface area (Å²) in [6.45, 7) is 0. The smallest absolute Gasteiger partial charge is 0.180 e. The lowest BCUT2D eigenvalue weighted by Gasteiger charge is -2.03. The lowest BCUT2D eigenvalue weighted by molar-refractivity contribution is 0.630. The Balaban J connectivity index is 2.32. The molecular weight excluding hydrogens is 278 g/mol. The molecule has 0 aliphatic rings. The van der Waals surface area contributed by atoms with Crippen LogP contribution in [-0.4, -0.2) is 19.6 Å². The van der Waals surface area contributed by atoms with Gasteiger partial charge in [0.2, 0.25) is 0 Å². The number of benzene rings is 1. The highest BCUT2D eigenvalue weighted by atomic mass is 35.5. The second-order valence-corrected chi connectivity index (χ2v) is 4.40. The monoisotopic (exact) mass is 282 g/mol. The van der Waals surface area contributed by atoms with Crippen LogP contribution in [0.15, 0.2) is 30.6 Å². The molecule has 18 heavy (non-hydrogen) atoms. The molecule has 0 radical (unpaired) electrons. The molecule has 0 amide bonds. The van der Waals surface area contributed by atoms with E-state index < -0.39 is 5.82 Å². The number of nitrogens with zero attached hydrogens (tertiary/aromatic N) is 4. The van der Waals surface area contributed by atoms with Crippen molar-refractivity contribution in [2.24, 2.45) is 0 Å². The van der Waals surface area contributed by atoms with E-state index >= 15 is 0 Å². The van der Waals surface area contributed by atoms with Crippen LogP contribution in [0, 0.1) is 5.82 Å². The summed E-state index contributed by atoms with van der Waals surface area (Å²) in [6, 6.07) is 4.33. The van der Waals surface area contributed by atoms with Crippen LogP contribution in [0.3, 0.4) is 0 Å². The van der Waals surface area contributed by atoms with Crippen LogP contribution >= 0.6 is 23.2 Å². The number of fused-ring (bicyclic) bond motifs is 1. The van der Waals surface area contributed by atoms with Crippen molar-refractivity contribution >= 4 is 28.8 Å². The van der Waals surface area contributed by atoms with Gasteiger partial charge in [0.1, 0.15) is 11.0 Å². The fraction of sp³-hybridized carbons (Fsp3) is 0. The molecule has 3 aromatic rings. The molecule has 0 saturated heterocycles. The van der Waals surface area contributed by atoms with Gasteiger partial charge >= 0.3 is 0 Å². The van der Waals surface area contributed by atoms with Gasteiger partial charge in [0.15, 0.2) is 11.5 Å². The fourth-order valence-electron chi connectivity index (χ4n) is 1.66. The quantitative estimate of drug-likeness (QED) is 0.688. The Morgan fingerprint density at radius 3 is 2.72 bits per heavy atom. The lowest BCUT2D eigenvalue weighted by Crippen LogP contribution is -1.94. The molecule has 7 heteroatoms. The van der Waals surface area contributed by atoms with E-state index in [2.05, 4.69) is 15.2 Å². The minimum atomic E-state index is -0.482. The van der Waals surface area contributed by atoms with Crippen LogP contribution < -0.4 is 0 Å². The predicted molar refractivity (Wildman–Crippen MR) is 66.2 cm³/mol. The van der Waals surface area contributed by atoms with Crippen LogP contribution in [0.4, 0.5) is 4.39 Å². The molecule has 2 heterocycles. The van der Waals surface area contributed by atoms with Crippen LogP contribution in [0.1, 0.15) is 0 Å². The Morgan fingerprint density at radius 1 is 1.11 bits per heavy atom. The van der Waals surface area contributed by atoms with Gasteiger partial charge in [-0.05, 0) is 18.2 Å². The van der Waals surface area contributed by atoms with Crippen molar-refractivity contribution in [3.63, 3.8) is 0 Å². The van der Waals surface area contributed by atoms with E-state index in [0.29, 0.717) is 21.6 Å². The van der Waals surface area contributed by atoms with Crippen LogP contribution in [-0.2, 0) is 0 Å². The van der Waals surface area contributed by atoms with Gasteiger partial charge < -0.3 is 0 Å². The van der Waals surface area contributed by atoms with E-state index in [-0.39, 0.29) is 5.56 Å². The van der Waals surface area contributed by atoms with E-state index in [0.717, 1.165) is 0 Å². The highest BCUT2D eigenvalue weighted by Crippen LogP contribution is 2.26. The Kier molecular flexibility index (Phi) is 2.65. The normalized spacial score (nSPS) is 11.1. The molecule has 0 aliphatic carbocycles. The first-order chi connectivity index (χ1) is 8.66. The molecule has 1 aromatic carbocycles. The molecule has 90 valence electrons. The molecule has 0 saturated carbocycles. The molecule has 0 atom stereocenters. The van der Waals surface area contributed by atoms with Gasteiger partial charge in [-0.3, -0.25) is 9.38 Å². The predicted octanol–water partition coefficient (Wildman–Crippen LogP) is 3.24. The van der Waals surface area contributed by atoms with E-state index in [1.165, 1.54) is 28.9 Å². The first-order valence-electron chi connectivity index (χ1n) is 4.97. The summed E-state index contributed by atoms with van der Waals surface area (Å²) in [7, 11) is 0. The summed E-state index contributed by atoms with van der Waals surface area (Å²) in [5.41, 5.74) is 0.729. The standard InChI is InChI=1S/C11H5Cl2FN4/c12-6-1-2-7(8(14)3-6)11-17-16-10-5-15-4-9(13)18(10)11/h1-5H. The van der Waals surface area contributed by atoms with Crippen LogP contribution in [0.5, 0.6) is 0 Å². The summed E-state index contributed by atoms with van der Waals surface area (Å²) >= 11 is 11.7. The molecule has 3 rings (SSSR count). The number of hydrogen-bond acceptors (Lipinski definition) is 3. The Labute approximate surface area is 111 Å². The number of rotatable bonds is 1. The van der Waals surface area contributed by atoms with Gasteiger partial charge in [0.05, 0.1) is 18.0 Å². The Bertz CT molecular complexity index is 741. The molecule has 0 unspecified atom stereocenters. The zero-order chi connectivity index (χ0) is 12.7. The summed E-state index contributed by atoms with van der Waals surface area (Å²) in [5, 5.41) is 8.43. The van der Waals surface area contributed by atoms with E-state index in [9.17, 15) is 4.39 Å². The molecule has 0 fully saturated rings. The van der Waals surface area contributed by atoms with Crippen molar-refractivity contribution in [1.29, 1.82) is 0 Å². The van der Waals surface area contributed by atoms with E-state index in [1.54, 1.807) is 6.07 Å². The van der Waals surface area contributed by atoms with Gasteiger partial charge in [0, 0.05) is 5.02 Å². The lowest BCUT2D eigenvalue weighted by atomic mass is 10.2. The summed E-state index contributed by atoms with van der Waals surface area (Å²) in [5.74, 6) is -0.170. The van der Waals surface area contributed by atoms with Gasteiger partial charge in [-0.25, -0.2) is 4.39 Å². The zero-order valence-corrected chi connectivity index (χ0v) is 10.3. The molecule has 0 bridgehead atoms. The first-order valence-corrected chi connectivity index (χ1v) is 5.72. The molecular formula is C11H5Cl2FN4. The maximum absolute atomic E-state index is 13.8. The fourth-order valence-corrected chi connectivity index (χ4v) is 2.04. The third-order valence-corrected chi connectivity index (χ3v) is 2.95. The number of aromatic nitrogens is 4. The summed E-state index contributed by atoms with van der Waals surface area (Å²) in [4.78, 5) is 3.89. The van der Waals surface area contributed by atoms with Gasteiger partial charge in [-0.1, -0.05) is 23.2 Å². The van der Waals surface area contributed by atoms with E-state index in [1.807, 2.05) is 0 Å². The third-order valence-electron chi connectivity index (χ3n) is 2.44. The number of halogens is 3. The van der Waals surface area contributed by atoms with Crippen molar-refractivity contribution in [2.45, 2.75) is 0 Å². The first kappa shape index (κ1) is 11.4. The minimum absolute atomic E-state index is 0.278. The Hall–Kier alpha value is -1.72. The molecule has 2 aromatic heterocycles. The minimum Gasteiger partial charge on any atom is -0.262 e. The SMILES string of the molecule is Fc1cc(Cl)ccc1-c1nnc2cncc(Cl)n12. The van der Waals surface area contributed by atoms with Gasteiger partial charge in [-0.2, -0.15) is 0 Å². The second-order valence-electron chi connectivity index (χ2n) is 3.57. The maximum Gasteiger partial charge on any atom is 0.180 e. The van der Waals surface area contributed by atoms with Crippen molar-refractivity contribution < 1.29 is 4.39 Å². The zero-order valence-electron chi connectivity index (χ0n) is 8.81. The molecule has 0 N–H and O–H groups in total. The Morgan fingerprint density at radius 2 is 1.94 bits per heavy atom. The van der Waals surface area contributed by atoms with Crippen molar-refractivity contribution in [1.82, 2.24) is 19.6 Å². The van der Waals surface area contributed by atoms with Crippen molar-refractivity contribution in [2.75, 3.05) is 0 Å².